The number of benzene rings is 1. The number of aromatic nitrogens is 6. The maximum Gasteiger partial charge on any atom is 0.263 e. The molecule has 13 heteroatoms. The molecule has 0 spiro atoms. The summed E-state index contributed by atoms with van der Waals surface area (Å²) in [6, 6.07) is 8.45. The van der Waals surface area contributed by atoms with Gasteiger partial charge in [-0.15, -0.1) is 15.3 Å². The third-order valence-electron chi connectivity index (χ3n) is 3.35. The molecule has 0 fully saturated rings. The van der Waals surface area contributed by atoms with Crippen LogP contribution in [0.2, 0.25) is 5.15 Å². The minimum atomic E-state index is -3.86. The van der Waals surface area contributed by atoms with Crippen molar-refractivity contribution in [2.45, 2.75) is 11.3 Å². The number of hydrogen-bond donors (Lipinski definition) is 2. The Bertz CT molecular complexity index is 1050. The molecule has 0 unspecified atom stereocenters. The number of nitrogens with one attached hydrogen (secondary N) is 2. The predicted molar refractivity (Wildman–Crippen MR) is 95.4 cm³/mol. The van der Waals surface area contributed by atoms with Crippen LogP contribution in [0.3, 0.4) is 0 Å². The Kier molecular flexibility index (Phi) is 5.28. The van der Waals surface area contributed by atoms with Gasteiger partial charge in [-0.2, -0.15) is 0 Å². The predicted octanol–water partition coefficient (Wildman–Crippen LogP) is 0.635. The van der Waals surface area contributed by atoms with Crippen LogP contribution in [0.15, 0.2) is 41.3 Å². The molecule has 2 heterocycles. The van der Waals surface area contributed by atoms with Crippen LogP contribution in [0.4, 0.5) is 11.5 Å². The van der Waals surface area contributed by atoms with Crippen molar-refractivity contribution < 1.29 is 13.2 Å². The average molecular weight is 409 g/mol. The highest BCUT2D eigenvalue weighted by Crippen LogP contribution is 2.17. The van der Waals surface area contributed by atoms with Crippen LogP contribution in [0.1, 0.15) is 5.82 Å². The standard InChI is InChI=1S/C14H13ClN8O3S/c1-23-13(19-21-22-23)8-14(24)16-9-2-4-10(5-3-9)27(25,26)20-12-7-6-11(15)17-18-12/h2-7H,8H2,1H3,(H,16,24)(H,18,20). The van der Waals surface area contributed by atoms with Gasteiger partial charge in [0.05, 0.1) is 11.3 Å². The van der Waals surface area contributed by atoms with Gasteiger partial charge in [-0.25, -0.2) is 13.1 Å². The first kappa shape index (κ1) is 18.7. The summed E-state index contributed by atoms with van der Waals surface area (Å²) in [5.74, 6) is 0.104. The van der Waals surface area contributed by atoms with Gasteiger partial charge in [0.2, 0.25) is 5.91 Å². The van der Waals surface area contributed by atoms with Crippen LogP contribution in [0.5, 0.6) is 0 Å². The number of halogens is 1. The first-order valence-electron chi connectivity index (χ1n) is 7.47. The van der Waals surface area contributed by atoms with Crippen molar-refractivity contribution in [1.29, 1.82) is 0 Å². The van der Waals surface area contributed by atoms with E-state index in [1.165, 1.54) is 41.1 Å². The van der Waals surface area contributed by atoms with Crippen LogP contribution in [-0.4, -0.2) is 44.7 Å². The van der Waals surface area contributed by atoms with E-state index in [9.17, 15) is 13.2 Å². The molecule has 0 radical (unpaired) electrons. The number of carbonyl (C=O) groups excluding carboxylic acids is 1. The molecule has 0 saturated heterocycles. The van der Waals surface area contributed by atoms with Crippen molar-refractivity contribution in [2.24, 2.45) is 7.05 Å². The molecular formula is C14H13ClN8O3S. The van der Waals surface area contributed by atoms with E-state index in [1.807, 2.05) is 0 Å². The normalized spacial score (nSPS) is 11.2. The van der Waals surface area contributed by atoms with Gasteiger partial charge in [0.15, 0.2) is 16.8 Å². The van der Waals surface area contributed by atoms with E-state index in [-0.39, 0.29) is 28.2 Å². The number of rotatable bonds is 6. The van der Waals surface area contributed by atoms with Gasteiger partial charge in [0.1, 0.15) is 0 Å². The molecule has 0 saturated carbocycles. The lowest BCUT2D eigenvalue weighted by Crippen LogP contribution is -2.17. The van der Waals surface area contributed by atoms with E-state index >= 15 is 0 Å². The summed E-state index contributed by atoms with van der Waals surface area (Å²) in [5.41, 5.74) is 0.431. The fraction of sp³-hybridized carbons (Fsp3) is 0.143. The van der Waals surface area contributed by atoms with Crippen LogP contribution >= 0.6 is 11.6 Å². The van der Waals surface area contributed by atoms with Gasteiger partial charge in [0, 0.05) is 12.7 Å². The number of hydrogen-bond acceptors (Lipinski definition) is 8. The molecule has 0 aliphatic carbocycles. The molecule has 140 valence electrons. The number of nitrogens with zero attached hydrogens (tertiary/aromatic N) is 6. The second kappa shape index (κ2) is 7.63. The number of aryl methyl sites for hydroxylation is 1. The molecule has 0 aliphatic heterocycles. The topological polar surface area (TPSA) is 145 Å². The van der Waals surface area contributed by atoms with Crippen molar-refractivity contribution in [2.75, 3.05) is 10.0 Å². The van der Waals surface area contributed by atoms with Gasteiger partial charge in [0.25, 0.3) is 10.0 Å². The van der Waals surface area contributed by atoms with Gasteiger partial charge < -0.3 is 5.32 Å². The highest BCUT2D eigenvalue weighted by atomic mass is 35.5. The third kappa shape index (κ3) is 4.74. The van der Waals surface area contributed by atoms with Gasteiger partial charge in [-0.3, -0.25) is 9.52 Å². The van der Waals surface area contributed by atoms with Crippen molar-refractivity contribution in [3.63, 3.8) is 0 Å². The summed E-state index contributed by atoms with van der Waals surface area (Å²) < 4.78 is 28.4. The fourth-order valence-electron chi connectivity index (χ4n) is 2.03. The van der Waals surface area contributed by atoms with E-state index in [1.54, 1.807) is 7.05 Å². The average Bonchev–Trinajstić information content (AvgIpc) is 3.02. The van der Waals surface area contributed by atoms with Crippen molar-refractivity contribution >= 4 is 39.0 Å². The molecule has 0 atom stereocenters. The smallest absolute Gasteiger partial charge is 0.263 e. The SMILES string of the molecule is Cn1nnnc1CC(=O)Nc1ccc(S(=O)(=O)Nc2ccc(Cl)nn2)cc1. The molecular weight excluding hydrogens is 396 g/mol. The maximum absolute atomic E-state index is 12.3. The van der Waals surface area contributed by atoms with E-state index in [4.69, 9.17) is 11.6 Å². The third-order valence-corrected chi connectivity index (χ3v) is 4.92. The Balaban J connectivity index is 1.66. The number of tetrazole rings is 1. The number of anilines is 2. The highest BCUT2D eigenvalue weighted by Gasteiger charge is 2.16. The lowest BCUT2D eigenvalue weighted by molar-refractivity contribution is -0.115. The quantitative estimate of drug-likeness (QED) is 0.604. The Morgan fingerprint density at radius 1 is 1.11 bits per heavy atom. The molecule has 27 heavy (non-hydrogen) atoms. The van der Waals surface area contributed by atoms with Crippen LogP contribution in [0, 0.1) is 0 Å². The van der Waals surface area contributed by atoms with E-state index in [0.717, 1.165) is 0 Å². The Morgan fingerprint density at radius 2 is 1.85 bits per heavy atom. The first-order valence-corrected chi connectivity index (χ1v) is 9.33. The van der Waals surface area contributed by atoms with E-state index in [0.29, 0.717) is 11.5 Å². The summed E-state index contributed by atoms with van der Waals surface area (Å²) in [6.07, 6.45) is -0.0135. The maximum atomic E-state index is 12.3. The molecule has 1 amide bonds. The number of amides is 1. The van der Waals surface area contributed by atoms with Gasteiger partial charge >= 0.3 is 0 Å². The Hall–Kier alpha value is -3.12. The molecule has 0 bridgehead atoms. The van der Waals surface area contributed by atoms with Crippen molar-refractivity contribution in [3.05, 3.63) is 47.4 Å². The summed E-state index contributed by atoms with van der Waals surface area (Å²) >= 11 is 5.61. The van der Waals surface area contributed by atoms with Gasteiger partial charge in [-0.05, 0) is 46.8 Å². The zero-order valence-corrected chi connectivity index (χ0v) is 15.4. The molecule has 3 aromatic rings. The molecule has 2 aromatic heterocycles. The minimum Gasteiger partial charge on any atom is -0.326 e. The fourth-order valence-corrected chi connectivity index (χ4v) is 3.13. The van der Waals surface area contributed by atoms with Crippen molar-refractivity contribution in [1.82, 2.24) is 30.4 Å². The lowest BCUT2D eigenvalue weighted by Gasteiger charge is -2.08. The molecule has 0 aliphatic rings. The Labute approximate surface area is 158 Å². The molecule has 1 aromatic carbocycles. The molecule has 3 rings (SSSR count). The monoisotopic (exact) mass is 408 g/mol. The van der Waals surface area contributed by atoms with E-state index < -0.39 is 10.0 Å². The second-order valence-corrected chi connectivity index (χ2v) is 7.38. The summed E-state index contributed by atoms with van der Waals surface area (Å²) in [4.78, 5) is 12.0. The minimum absolute atomic E-state index is 0.00486. The van der Waals surface area contributed by atoms with Gasteiger partial charge in [-0.1, -0.05) is 11.6 Å². The highest BCUT2D eigenvalue weighted by molar-refractivity contribution is 7.92. The number of carbonyl (C=O) groups is 1. The summed E-state index contributed by atoms with van der Waals surface area (Å²) in [5, 5.41) is 20.8. The van der Waals surface area contributed by atoms with Crippen LogP contribution in [-0.2, 0) is 28.3 Å². The van der Waals surface area contributed by atoms with E-state index in [2.05, 4.69) is 35.8 Å². The first-order chi connectivity index (χ1) is 12.8. The summed E-state index contributed by atoms with van der Waals surface area (Å²) in [6.45, 7) is 0. The van der Waals surface area contributed by atoms with Crippen LogP contribution in [0.25, 0.3) is 0 Å². The number of sulfonamides is 1. The van der Waals surface area contributed by atoms with Crippen molar-refractivity contribution in [3.8, 4) is 0 Å². The zero-order valence-electron chi connectivity index (χ0n) is 13.9. The Morgan fingerprint density at radius 3 is 2.44 bits per heavy atom. The van der Waals surface area contributed by atoms with Crippen LogP contribution < -0.4 is 10.0 Å². The largest absolute Gasteiger partial charge is 0.326 e. The molecule has 11 nitrogen and oxygen atoms in total. The summed E-state index contributed by atoms with van der Waals surface area (Å²) in [7, 11) is -2.23. The second-order valence-electron chi connectivity index (χ2n) is 5.31. The lowest BCUT2D eigenvalue weighted by atomic mass is 10.3. The molecule has 2 N–H and O–H groups in total. The zero-order chi connectivity index (χ0) is 19.4.